The highest BCUT2D eigenvalue weighted by atomic mass is 16.5. The minimum absolute atomic E-state index is 0.352. The van der Waals surface area contributed by atoms with Gasteiger partial charge >= 0.3 is 0 Å². The number of hydrogen-bond donors (Lipinski definition) is 1. The monoisotopic (exact) mass is 251 g/mol. The third-order valence-electron chi connectivity index (χ3n) is 3.25. The van der Waals surface area contributed by atoms with Crippen molar-refractivity contribution in [3.63, 3.8) is 0 Å². The molecule has 1 aromatic rings. The molecule has 0 radical (unpaired) electrons. The third kappa shape index (κ3) is 2.53. The van der Waals surface area contributed by atoms with Crippen LogP contribution in [0.25, 0.3) is 0 Å². The molecule has 4 heteroatoms. The number of rotatable bonds is 5. The van der Waals surface area contributed by atoms with Crippen molar-refractivity contribution < 1.29 is 14.2 Å². The third-order valence-corrected chi connectivity index (χ3v) is 3.25. The molecule has 1 aliphatic rings. The fraction of sp³-hybridized carbons (Fsp3) is 0.571. The lowest BCUT2D eigenvalue weighted by atomic mass is 10.0. The van der Waals surface area contributed by atoms with E-state index in [1.54, 1.807) is 14.2 Å². The Bertz CT molecular complexity index is 400. The van der Waals surface area contributed by atoms with Gasteiger partial charge in [0.1, 0.15) is 5.75 Å². The molecule has 2 rings (SSSR count). The van der Waals surface area contributed by atoms with Crippen LogP contribution in [0.3, 0.4) is 0 Å². The summed E-state index contributed by atoms with van der Waals surface area (Å²) in [5.74, 6) is 2.36. The first-order valence-corrected chi connectivity index (χ1v) is 6.42. The van der Waals surface area contributed by atoms with Gasteiger partial charge < -0.3 is 19.5 Å². The quantitative estimate of drug-likeness (QED) is 0.873. The SMILES string of the molecule is CCOc1cc(C2CCCN2)c(OC)cc1OC. The Morgan fingerprint density at radius 2 is 1.94 bits per heavy atom. The molecule has 1 heterocycles. The highest BCUT2D eigenvalue weighted by molar-refractivity contribution is 5.52. The average molecular weight is 251 g/mol. The second kappa shape index (κ2) is 5.96. The zero-order chi connectivity index (χ0) is 13.0. The molecule has 0 aromatic heterocycles. The summed E-state index contributed by atoms with van der Waals surface area (Å²) in [5.41, 5.74) is 1.15. The summed E-state index contributed by atoms with van der Waals surface area (Å²) >= 11 is 0. The molecule has 1 saturated heterocycles. The fourth-order valence-corrected chi connectivity index (χ4v) is 2.38. The van der Waals surface area contributed by atoms with Gasteiger partial charge in [-0.15, -0.1) is 0 Å². The summed E-state index contributed by atoms with van der Waals surface area (Å²) in [6.07, 6.45) is 2.33. The van der Waals surface area contributed by atoms with E-state index < -0.39 is 0 Å². The summed E-state index contributed by atoms with van der Waals surface area (Å²) in [4.78, 5) is 0. The Morgan fingerprint density at radius 1 is 1.17 bits per heavy atom. The average Bonchev–Trinajstić information content (AvgIpc) is 2.92. The van der Waals surface area contributed by atoms with Gasteiger partial charge in [0.25, 0.3) is 0 Å². The van der Waals surface area contributed by atoms with Crippen LogP contribution in [0, 0.1) is 0 Å². The maximum absolute atomic E-state index is 5.62. The van der Waals surface area contributed by atoms with Gasteiger partial charge in [0.15, 0.2) is 11.5 Å². The van der Waals surface area contributed by atoms with Crippen molar-refractivity contribution in [2.45, 2.75) is 25.8 Å². The Morgan fingerprint density at radius 3 is 2.50 bits per heavy atom. The summed E-state index contributed by atoms with van der Waals surface area (Å²) < 4.78 is 16.4. The van der Waals surface area contributed by atoms with Crippen LogP contribution in [-0.4, -0.2) is 27.4 Å². The van der Waals surface area contributed by atoms with Crippen molar-refractivity contribution in [2.75, 3.05) is 27.4 Å². The molecule has 18 heavy (non-hydrogen) atoms. The number of methoxy groups -OCH3 is 2. The van der Waals surface area contributed by atoms with E-state index in [4.69, 9.17) is 14.2 Å². The Kier molecular flexibility index (Phi) is 4.31. The van der Waals surface area contributed by atoms with Crippen molar-refractivity contribution in [1.82, 2.24) is 5.32 Å². The molecule has 1 aliphatic heterocycles. The normalized spacial score (nSPS) is 18.7. The Labute approximate surface area is 108 Å². The molecule has 0 aliphatic carbocycles. The van der Waals surface area contributed by atoms with Crippen LogP contribution in [0.5, 0.6) is 17.2 Å². The van der Waals surface area contributed by atoms with Crippen LogP contribution >= 0.6 is 0 Å². The van der Waals surface area contributed by atoms with E-state index >= 15 is 0 Å². The molecular formula is C14H21NO3. The predicted molar refractivity (Wildman–Crippen MR) is 70.7 cm³/mol. The van der Waals surface area contributed by atoms with Crippen LogP contribution in [0.4, 0.5) is 0 Å². The molecule has 0 bridgehead atoms. The van der Waals surface area contributed by atoms with E-state index in [0.717, 1.165) is 35.8 Å². The van der Waals surface area contributed by atoms with Crippen molar-refractivity contribution in [2.24, 2.45) is 0 Å². The summed E-state index contributed by atoms with van der Waals surface area (Å²) in [6, 6.07) is 4.29. The number of benzene rings is 1. The molecule has 0 amide bonds. The first-order valence-electron chi connectivity index (χ1n) is 6.42. The van der Waals surface area contributed by atoms with E-state index in [0.29, 0.717) is 12.6 Å². The van der Waals surface area contributed by atoms with Crippen molar-refractivity contribution in [1.29, 1.82) is 0 Å². The van der Waals surface area contributed by atoms with Gasteiger partial charge in [0.2, 0.25) is 0 Å². The molecule has 0 spiro atoms. The van der Waals surface area contributed by atoms with E-state index in [-0.39, 0.29) is 0 Å². The molecule has 100 valence electrons. The standard InChI is InChI=1S/C14H21NO3/c1-4-18-14-8-10(11-6-5-7-15-11)12(16-2)9-13(14)17-3/h8-9,11,15H,4-7H2,1-3H3. The molecular weight excluding hydrogens is 230 g/mol. The number of hydrogen-bond acceptors (Lipinski definition) is 4. The molecule has 0 saturated carbocycles. The largest absolute Gasteiger partial charge is 0.496 e. The lowest BCUT2D eigenvalue weighted by Gasteiger charge is -2.18. The molecule has 1 aromatic carbocycles. The van der Waals surface area contributed by atoms with Crippen LogP contribution in [-0.2, 0) is 0 Å². The molecule has 4 nitrogen and oxygen atoms in total. The van der Waals surface area contributed by atoms with Crippen molar-refractivity contribution >= 4 is 0 Å². The maximum atomic E-state index is 5.62. The van der Waals surface area contributed by atoms with Gasteiger partial charge in [-0.2, -0.15) is 0 Å². The molecule has 1 unspecified atom stereocenters. The second-order valence-electron chi connectivity index (χ2n) is 4.33. The lowest BCUT2D eigenvalue weighted by Crippen LogP contribution is -2.14. The van der Waals surface area contributed by atoms with E-state index in [9.17, 15) is 0 Å². The zero-order valence-electron chi connectivity index (χ0n) is 11.3. The summed E-state index contributed by atoms with van der Waals surface area (Å²) in [6.45, 7) is 3.65. The van der Waals surface area contributed by atoms with Gasteiger partial charge in [0.05, 0.1) is 20.8 Å². The van der Waals surface area contributed by atoms with Gasteiger partial charge in [-0.3, -0.25) is 0 Å². The van der Waals surface area contributed by atoms with Crippen LogP contribution in [0.2, 0.25) is 0 Å². The summed E-state index contributed by atoms with van der Waals surface area (Å²) in [5, 5.41) is 3.48. The lowest BCUT2D eigenvalue weighted by molar-refractivity contribution is 0.307. The van der Waals surface area contributed by atoms with Gasteiger partial charge in [-0.25, -0.2) is 0 Å². The maximum Gasteiger partial charge on any atom is 0.164 e. The topological polar surface area (TPSA) is 39.7 Å². The first kappa shape index (κ1) is 13.0. The number of ether oxygens (including phenoxy) is 3. The van der Waals surface area contributed by atoms with E-state index in [2.05, 4.69) is 5.32 Å². The predicted octanol–water partition coefficient (Wildman–Crippen LogP) is 2.53. The molecule has 1 N–H and O–H groups in total. The van der Waals surface area contributed by atoms with Crippen LogP contribution in [0.15, 0.2) is 12.1 Å². The highest BCUT2D eigenvalue weighted by Gasteiger charge is 2.22. The van der Waals surface area contributed by atoms with E-state index in [1.807, 2.05) is 19.1 Å². The van der Waals surface area contributed by atoms with Gasteiger partial charge in [-0.1, -0.05) is 0 Å². The molecule has 1 atom stereocenters. The second-order valence-corrected chi connectivity index (χ2v) is 4.33. The fourth-order valence-electron chi connectivity index (χ4n) is 2.38. The van der Waals surface area contributed by atoms with Crippen LogP contribution in [0.1, 0.15) is 31.4 Å². The van der Waals surface area contributed by atoms with Gasteiger partial charge in [-0.05, 0) is 32.4 Å². The minimum atomic E-state index is 0.352. The highest BCUT2D eigenvalue weighted by Crippen LogP contribution is 2.39. The minimum Gasteiger partial charge on any atom is -0.496 e. The zero-order valence-corrected chi connectivity index (χ0v) is 11.3. The number of nitrogens with one attached hydrogen (secondary N) is 1. The summed E-state index contributed by atoms with van der Waals surface area (Å²) in [7, 11) is 3.33. The van der Waals surface area contributed by atoms with Crippen molar-refractivity contribution in [3.8, 4) is 17.2 Å². The van der Waals surface area contributed by atoms with Crippen molar-refractivity contribution in [3.05, 3.63) is 17.7 Å². The smallest absolute Gasteiger partial charge is 0.164 e. The molecule has 1 fully saturated rings. The van der Waals surface area contributed by atoms with Crippen LogP contribution < -0.4 is 19.5 Å². The Hall–Kier alpha value is -1.42. The first-order chi connectivity index (χ1) is 8.80. The van der Waals surface area contributed by atoms with Gasteiger partial charge in [0, 0.05) is 17.7 Å². The van der Waals surface area contributed by atoms with E-state index in [1.165, 1.54) is 6.42 Å². The Balaban J connectivity index is 2.39.